The van der Waals surface area contributed by atoms with Crippen LogP contribution in [0.5, 0.6) is 5.75 Å². The Labute approximate surface area is 115 Å². The molecule has 1 rings (SSSR count). The number of hydrogen-bond acceptors (Lipinski definition) is 4. The Morgan fingerprint density at radius 2 is 1.83 bits per heavy atom. The van der Waals surface area contributed by atoms with Gasteiger partial charge in [0.1, 0.15) is 5.75 Å². The monoisotopic (exact) mass is 288 g/mol. The number of ether oxygens (including phenoxy) is 1. The summed E-state index contributed by atoms with van der Waals surface area (Å²) in [6.07, 6.45) is 2.65. The first-order valence-electron chi connectivity index (χ1n) is 6.16. The summed E-state index contributed by atoms with van der Waals surface area (Å²) in [6, 6.07) is 6.64. The molecule has 1 aromatic rings. The van der Waals surface area contributed by atoms with Gasteiger partial charge in [0.2, 0.25) is 0 Å². The van der Waals surface area contributed by atoms with Gasteiger partial charge in [-0.1, -0.05) is 13.3 Å². The summed E-state index contributed by atoms with van der Waals surface area (Å²) in [7, 11) is -3.17. The number of unbranched alkanes of at least 4 members (excludes halogenated alkanes) is 1. The predicted molar refractivity (Wildman–Crippen MR) is 77.4 cm³/mol. The van der Waals surface area contributed by atoms with Crippen molar-refractivity contribution in [3.63, 3.8) is 0 Å². The van der Waals surface area contributed by atoms with E-state index in [2.05, 4.69) is 19.6 Å². The summed E-state index contributed by atoms with van der Waals surface area (Å²) in [6.45, 7) is 2.77. The van der Waals surface area contributed by atoms with Crippen molar-refractivity contribution in [3.05, 3.63) is 24.3 Å². The summed E-state index contributed by atoms with van der Waals surface area (Å²) < 4.78 is 29.3. The zero-order valence-corrected chi connectivity index (χ0v) is 12.3. The lowest BCUT2D eigenvalue weighted by molar-refractivity contribution is 0.309. The van der Waals surface area contributed by atoms with Crippen LogP contribution >= 0.6 is 12.6 Å². The first-order chi connectivity index (χ1) is 8.60. The lowest BCUT2D eigenvalue weighted by Gasteiger charge is -2.07. The predicted octanol–water partition coefficient (Wildman–Crippen LogP) is 2.96. The van der Waals surface area contributed by atoms with Crippen LogP contribution in [0.2, 0.25) is 0 Å². The van der Waals surface area contributed by atoms with E-state index >= 15 is 0 Å². The molecule has 0 heterocycles. The first-order valence-corrected chi connectivity index (χ1v) is 8.45. The summed E-state index contributed by atoms with van der Waals surface area (Å²) in [5.41, 5.74) is 0. The van der Waals surface area contributed by atoms with Crippen molar-refractivity contribution in [1.29, 1.82) is 0 Å². The van der Waals surface area contributed by atoms with Gasteiger partial charge in [-0.2, -0.15) is 12.6 Å². The van der Waals surface area contributed by atoms with Gasteiger partial charge in [0.25, 0.3) is 0 Å². The fraction of sp³-hybridized carbons (Fsp3) is 0.538. The second kappa shape index (κ2) is 7.69. The topological polar surface area (TPSA) is 43.4 Å². The summed E-state index contributed by atoms with van der Waals surface area (Å²) in [5.74, 6) is 1.45. The standard InChI is InChI=1S/C13H20O3S2/c1-2-3-9-16-12-5-7-13(8-6-12)18(14,15)11-4-10-17/h5-8,17H,2-4,9-11H2,1H3. The Hall–Kier alpha value is -0.680. The minimum absolute atomic E-state index is 0.145. The van der Waals surface area contributed by atoms with Crippen LogP contribution in [0.1, 0.15) is 26.2 Å². The zero-order valence-electron chi connectivity index (χ0n) is 10.6. The lowest BCUT2D eigenvalue weighted by atomic mass is 10.3. The molecule has 0 aliphatic rings. The van der Waals surface area contributed by atoms with E-state index in [-0.39, 0.29) is 5.75 Å². The normalized spacial score (nSPS) is 11.4. The SMILES string of the molecule is CCCCOc1ccc(S(=O)(=O)CCCS)cc1. The van der Waals surface area contributed by atoms with Crippen molar-refractivity contribution >= 4 is 22.5 Å². The van der Waals surface area contributed by atoms with Crippen LogP contribution in [-0.4, -0.2) is 26.5 Å². The number of hydrogen-bond donors (Lipinski definition) is 1. The molecule has 0 aliphatic heterocycles. The first kappa shape index (κ1) is 15.4. The molecule has 0 N–H and O–H groups in total. The van der Waals surface area contributed by atoms with Crippen molar-refractivity contribution in [2.24, 2.45) is 0 Å². The van der Waals surface area contributed by atoms with Gasteiger partial charge in [0.05, 0.1) is 17.3 Å². The molecule has 0 atom stereocenters. The number of benzene rings is 1. The van der Waals surface area contributed by atoms with Gasteiger partial charge >= 0.3 is 0 Å². The Balaban J connectivity index is 2.64. The average molecular weight is 288 g/mol. The Kier molecular flexibility index (Phi) is 6.57. The molecule has 3 nitrogen and oxygen atoms in total. The van der Waals surface area contributed by atoms with Gasteiger partial charge in [0, 0.05) is 0 Å². The highest BCUT2D eigenvalue weighted by Crippen LogP contribution is 2.18. The van der Waals surface area contributed by atoms with E-state index in [9.17, 15) is 8.42 Å². The van der Waals surface area contributed by atoms with E-state index in [1.165, 1.54) is 0 Å². The fourth-order valence-corrected chi connectivity index (χ4v) is 3.13. The Bertz CT molecular complexity index is 438. The molecule has 0 unspecified atom stereocenters. The van der Waals surface area contributed by atoms with Crippen molar-refractivity contribution < 1.29 is 13.2 Å². The maximum atomic E-state index is 11.9. The smallest absolute Gasteiger partial charge is 0.178 e. The third-order valence-electron chi connectivity index (χ3n) is 2.52. The highest BCUT2D eigenvalue weighted by Gasteiger charge is 2.13. The maximum absolute atomic E-state index is 11.9. The Morgan fingerprint density at radius 1 is 1.17 bits per heavy atom. The van der Waals surface area contributed by atoms with E-state index in [1.54, 1.807) is 24.3 Å². The van der Waals surface area contributed by atoms with E-state index in [1.807, 2.05) is 0 Å². The Morgan fingerprint density at radius 3 is 2.39 bits per heavy atom. The third kappa shape index (κ3) is 4.90. The summed E-state index contributed by atoms with van der Waals surface area (Å²) in [4.78, 5) is 0.354. The summed E-state index contributed by atoms with van der Waals surface area (Å²) >= 11 is 4.02. The van der Waals surface area contributed by atoms with Gasteiger partial charge in [-0.3, -0.25) is 0 Å². The van der Waals surface area contributed by atoms with Crippen molar-refractivity contribution in [2.45, 2.75) is 31.1 Å². The van der Waals surface area contributed by atoms with Crippen molar-refractivity contribution in [1.82, 2.24) is 0 Å². The van der Waals surface area contributed by atoms with Crippen LogP contribution in [0.25, 0.3) is 0 Å². The molecule has 0 spiro atoms. The minimum Gasteiger partial charge on any atom is -0.494 e. The zero-order chi connectivity index (χ0) is 13.4. The molecule has 0 aromatic heterocycles. The van der Waals surface area contributed by atoms with Gasteiger partial charge in [0.15, 0.2) is 9.84 Å². The van der Waals surface area contributed by atoms with Crippen LogP contribution in [0, 0.1) is 0 Å². The van der Waals surface area contributed by atoms with Gasteiger partial charge < -0.3 is 4.74 Å². The molecular weight excluding hydrogens is 268 g/mol. The van der Waals surface area contributed by atoms with Gasteiger partial charge in [-0.15, -0.1) is 0 Å². The van der Waals surface area contributed by atoms with Crippen LogP contribution < -0.4 is 4.74 Å². The maximum Gasteiger partial charge on any atom is 0.178 e. The van der Waals surface area contributed by atoms with Crippen LogP contribution in [0.4, 0.5) is 0 Å². The molecule has 1 aromatic carbocycles. The molecule has 0 saturated carbocycles. The second-order valence-corrected chi connectivity index (χ2v) is 6.63. The van der Waals surface area contributed by atoms with Crippen molar-refractivity contribution in [3.8, 4) is 5.75 Å². The van der Waals surface area contributed by atoms with E-state index in [0.29, 0.717) is 23.7 Å². The van der Waals surface area contributed by atoms with E-state index in [4.69, 9.17) is 4.74 Å². The molecule has 0 radical (unpaired) electrons. The molecule has 5 heteroatoms. The summed E-state index contributed by atoms with van der Waals surface area (Å²) in [5, 5.41) is 0. The highest BCUT2D eigenvalue weighted by atomic mass is 32.2. The molecule has 0 aliphatic carbocycles. The molecule has 0 amide bonds. The highest BCUT2D eigenvalue weighted by molar-refractivity contribution is 7.91. The molecule has 0 saturated heterocycles. The third-order valence-corrected chi connectivity index (χ3v) is 4.65. The van der Waals surface area contributed by atoms with Crippen LogP contribution in [-0.2, 0) is 9.84 Å². The van der Waals surface area contributed by atoms with Crippen molar-refractivity contribution in [2.75, 3.05) is 18.1 Å². The van der Waals surface area contributed by atoms with E-state index < -0.39 is 9.84 Å². The molecule has 0 bridgehead atoms. The minimum atomic E-state index is -3.17. The van der Waals surface area contributed by atoms with Gasteiger partial charge in [-0.05, 0) is 42.9 Å². The average Bonchev–Trinajstić information content (AvgIpc) is 2.37. The van der Waals surface area contributed by atoms with Gasteiger partial charge in [-0.25, -0.2) is 8.42 Å². The van der Waals surface area contributed by atoms with Crippen LogP contribution in [0.15, 0.2) is 29.2 Å². The van der Waals surface area contributed by atoms with Crippen LogP contribution in [0.3, 0.4) is 0 Å². The molecule has 0 fully saturated rings. The number of thiol groups is 1. The largest absolute Gasteiger partial charge is 0.494 e. The molecular formula is C13H20O3S2. The van der Waals surface area contributed by atoms with E-state index in [0.717, 1.165) is 18.6 Å². The molecule has 18 heavy (non-hydrogen) atoms. The lowest BCUT2D eigenvalue weighted by Crippen LogP contribution is -2.07. The number of rotatable bonds is 8. The quantitative estimate of drug-likeness (QED) is 0.591. The number of sulfone groups is 1. The molecule has 102 valence electrons. The second-order valence-electron chi connectivity index (χ2n) is 4.07. The fourth-order valence-electron chi connectivity index (χ4n) is 1.45.